The predicted octanol–water partition coefficient (Wildman–Crippen LogP) is 0.716. The smallest absolute Gasteiger partial charge is 0.234 e. The quantitative estimate of drug-likeness (QED) is 0.763. The van der Waals surface area contributed by atoms with E-state index in [1.54, 1.807) is 0 Å². The van der Waals surface area contributed by atoms with Gasteiger partial charge in [-0.2, -0.15) is 0 Å². The van der Waals surface area contributed by atoms with E-state index in [1.165, 1.54) is 25.7 Å². The highest BCUT2D eigenvalue weighted by Crippen LogP contribution is 2.36. The molecule has 1 amide bonds. The molecule has 1 spiro atoms. The van der Waals surface area contributed by atoms with Crippen molar-refractivity contribution in [2.24, 2.45) is 11.1 Å². The molecular weight excluding hydrogens is 214 g/mol. The maximum absolute atomic E-state index is 11.5. The average molecular weight is 239 g/mol. The Balaban J connectivity index is 2.02. The number of nitrogens with zero attached hydrogens (tertiary/aromatic N) is 1. The molecule has 2 aliphatic rings. The van der Waals surface area contributed by atoms with Crippen LogP contribution >= 0.6 is 0 Å². The Labute approximate surface area is 104 Å². The summed E-state index contributed by atoms with van der Waals surface area (Å²) in [6, 6.07) is -0.0610. The number of rotatable bonds is 3. The second-order valence-electron chi connectivity index (χ2n) is 5.68. The van der Waals surface area contributed by atoms with Crippen LogP contribution in [0.3, 0.4) is 0 Å². The van der Waals surface area contributed by atoms with Gasteiger partial charge < -0.3 is 11.1 Å². The number of hydrogen-bond donors (Lipinski definition) is 2. The van der Waals surface area contributed by atoms with E-state index in [4.69, 9.17) is 5.73 Å². The molecule has 3 N–H and O–H groups in total. The molecule has 98 valence electrons. The van der Waals surface area contributed by atoms with Gasteiger partial charge in [0.2, 0.25) is 5.91 Å². The molecule has 0 aromatic carbocycles. The van der Waals surface area contributed by atoms with E-state index >= 15 is 0 Å². The van der Waals surface area contributed by atoms with Gasteiger partial charge in [-0.25, -0.2) is 0 Å². The van der Waals surface area contributed by atoms with Crippen molar-refractivity contribution in [2.75, 3.05) is 26.2 Å². The molecule has 0 aromatic rings. The van der Waals surface area contributed by atoms with Crippen molar-refractivity contribution in [3.8, 4) is 0 Å². The molecule has 0 aliphatic carbocycles. The fourth-order valence-electron chi connectivity index (χ4n) is 3.53. The molecule has 0 aromatic heterocycles. The Hall–Kier alpha value is -0.610. The van der Waals surface area contributed by atoms with Crippen molar-refractivity contribution in [3.05, 3.63) is 0 Å². The fraction of sp³-hybridized carbons (Fsp3) is 0.923. The Morgan fingerprint density at radius 1 is 1.47 bits per heavy atom. The van der Waals surface area contributed by atoms with Crippen LogP contribution in [0.25, 0.3) is 0 Å². The van der Waals surface area contributed by atoms with Crippen molar-refractivity contribution < 1.29 is 4.79 Å². The molecule has 2 aliphatic heterocycles. The molecule has 0 radical (unpaired) electrons. The van der Waals surface area contributed by atoms with Gasteiger partial charge in [-0.05, 0) is 50.6 Å². The first kappa shape index (κ1) is 12.8. The minimum absolute atomic E-state index is 0.0610. The van der Waals surface area contributed by atoms with Gasteiger partial charge in [-0.1, -0.05) is 6.92 Å². The summed E-state index contributed by atoms with van der Waals surface area (Å²) in [5.41, 5.74) is 5.90. The molecule has 2 fully saturated rings. The van der Waals surface area contributed by atoms with Gasteiger partial charge in [-0.3, -0.25) is 9.69 Å². The van der Waals surface area contributed by atoms with Gasteiger partial charge in [-0.15, -0.1) is 0 Å². The number of amides is 1. The summed E-state index contributed by atoms with van der Waals surface area (Å²) in [6.45, 7) is 6.38. The number of nitrogens with two attached hydrogens (primary N) is 1. The highest BCUT2D eigenvalue weighted by atomic mass is 16.1. The normalized spacial score (nSPS) is 32.5. The summed E-state index contributed by atoms with van der Waals surface area (Å²) < 4.78 is 0. The van der Waals surface area contributed by atoms with Crippen molar-refractivity contribution >= 4 is 5.91 Å². The third-order valence-corrected chi connectivity index (χ3v) is 4.41. The van der Waals surface area contributed by atoms with E-state index in [9.17, 15) is 4.79 Å². The van der Waals surface area contributed by atoms with Crippen LogP contribution in [0.5, 0.6) is 0 Å². The molecule has 4 nitrogen and oxygen atoms in total. The molecule has 0 saturated carbocycles. The minimum Gasteiger partial charge on any atom is -0.368 e. The highest BCUT2D eigenvalue weighted by Gasteiger charge is 2.39. The maximum atomic E-state index is 11.5. The van der Waals surface area contributed by atoms with Gasteiger partial charge in [0.05, 0.1) is 6.04 Å². The Morgan fingerprint density at radius 2 is 2.24 bits per heavy atom. The second-order valence-corrected chi connectivity index (χ2v) is 5.68. The van der Waals surface area contributed by atoms with Crippen LogP contribution in [0.2, 0.25) is 0 Å². The lowest BCUT2D eigenvalue weighted by molar-refractivity contribution is -0.125. The average Bonchev–Trinajstić information content (AvgIpc) is 2.30. The lowest BCUT2D eigenvalue weighted by Crippen LogP contribution is -2.56. The van der Waals surface area contributed by atoms with Crippen LogP contribution in [0.15, 0.2) is 0 Å². The largest absolute Gasteiger partial charge is 0.368 e. The first-order chi connectivity index (χ1) is 8.17. The molecule has 17 heavy (non-hydrogen) atoms. The number of nitrogens with one attached hydrogen (secondary N) is 1. The maximum Gasteiger partial charge on any atom is 0.234 e. The molecule has 2 heterocycles. The second kappa shape index (κ2) is 5.36. The topological polar surface area (TPSA) is 58.4 Å². The first-order valence-corrected chi connectivity index (χ1v) is 6.91. The van der Waals surface area contributed by atoms with Crippen LogP contribution in [-0.2, 0) is 4.79 Å². The van der Waals surface area contributed by atoms with Crippen LogP contribution < -0.4 is 11.1 Å². The predicted molar refractivity (Wildman–Crippen MR) is 68.6 cm³/mol. The zero-order chi connectivity index (χ0) is 12.3. The fourth-order valence-corrected chi connectivity index (χ4v) is 3.53. The van der Waals surface area contributed by atoms with E-state index in [2.05, 4.69) is 17.1 Å². The van der Waals surface area contributed by atoms with Gasteiger partial charge in [0.1, 0.15) is 0 Å². The van der Waals surface area contributed by atoms with Crippen LogP contribution in [-0.4, -0.2) is 43.0 Å². The molecule has 0 bridgehead atoms. The number of hydrogen-bond acceptors (Lipinski definition) is 3. The van der Waals surface area contributed by atoms with Crippen LogP contribution in [0, 0.1) is 5.41 Å². The SMILES string of the molecule is CCC(C(N)=O)N1CCCC2(CCCNC2)C1. The standard InChI is InChI=1S/C13H25N3O/c1-2-11(12(14)17)16-8-4-6-13(10-16)5-3-7-15-9-13/h11,15H,2-10H2,1H3,(H2,14,17). The van der Waals surface area contributed by atoms with E-state index in [-0.39, 0.29) is 11.9 Å². The Morgan fingerprint density at radius 3 is 2.82 bits per heavy atom. The van der Waals surface area contributed by atoms with E-state index in [0.717, 1.165) is 32.6 Å². The lowest BCUT2D eigenvalue weighted by Gasteiger charge is -2.47. The Bertz CT molecular complexity index is 268. The van der Waals surface area contributed by atoms with Gasteiger partial charge >= 0.3 is 0 Å². The molecule has 2 unspecified atom stereocenters. The minimum atomic E-state index is -0.159. The van der Waals surface area contributed by atoms with Gasteiger partial charge in [0.25, 0.3) is 0 Å². The van der Waals surface area contributed by atoms with Crippen molar-refractivity contribution in [3.63, 3.8) is 0 Å². The van der Waals surface area contributed by atoms with E-state index in [0.29, 0.717) is 5.41 Å². The number of likely N-dealkylation sites (tertiary alicyclic amines) is 1. The van der Waals surface area contributed by atoms with Crippen molar-refractivity contribution in [2.45, 2.75) is 45.1 Å². The third-order valence-electron chi connectivity index (χ3n) is 4.41. The van der Waals surface area contributed by atoms with Crippen LogP contribution in [0.1, 0.15) is 39.0 Å². The summed E-state index contributed by atoms with van der Waals surface area (Å²) in [5.74, 6) is -0.159. The lowest BCUT2D eigenvalue weighted by atomic mass is 9.74. The first-order valence-electron chi connectivity index (χ1n) is 6.91. The molecule has 4 heteroatoms. The van der Waals surface area contributed by atoms with Crippen molar-refractivity contribution in [1.29, 1.82) is 0 Å². The van der Waals surface area contributed by atoms with E-state index < -0.39 is 0 Å². The Kier molecular flexibility index (Phi) is 4.05. The summed E-state index contributed by atoms with van der Waals surface area (Å²) in [6.07, 6.45) is 5.89. The molecule has 2 saturated heterocycles. The summed E-state index contributed by atoms with van der Waals surface area (Å²) in [7, 11) is 0. The highest BCUT2D eigenvalue weighted by molar-refractivity contribution is 5.79. The number of piperidine rings is 2. The summed E-state index contributed by atoms with van der Waals surface area (Å²) in [5, 5.41) is 3.51. The zero-order valence-electron chi connectivity index (χ0n) is 10.9. The third kappa shape index (κ3) is 2.80. The monoisotopic (exact) mass is 239 g/mol. The molecule has 2 rings (SSSR count). The molecule has 2 atom stereocenters. The zero-order valence-corrected chi connectivity index (χ0v) is 10.9. The summed E-state index contributed by atoms with van der Waals surface area (Å²) >= 11 is 0. The van der Waals surface area contributed by atoms with Gasteiger partial charge in [0.15, 0.2) is 0 Å². The summed E-state index contributed by atoms with van der Waals surface area (Å²) in [4.78, 5) is 13.8. The van der Waals surface area contributed by atoms with Gasteiger partial charge in [0, 0.05) is 13.1 Å². The number of carbonyl (C=O) groups excluding carboxylic acids is 1. The number of primary amides is 1. The number of carbonyl (C=O) groups is 1. The van der Waals surface area contributed by atoms with Crippen molar-refractivity contribution in [1.82, 2.24) is 10.2 Å². The van der Waals surface area contributed by atoms with E-state index in [1.807, 2.05) is 0 Å². The van der Waals surface area contributed by atoms with Crippen LogP contribution in [0.4, 0.5) is 0 Å². The molecular formula is C13H25N3O.